The number of benzene rings is 1. The predicted octanol–water partition coefficient (Wildman–Crippen LogP) is 3.62. The van der Waals surface area contributed by atoms with Crippen molar-refractivity contribution in [1.29, 1.82) is 0 Å². The van der Waals surface area contributed by atoms with Crippen LogP contribution in [0, 0.1) is 5.82 Å². The van der Waals surface area contributed by atoms with E-state index in [0.29, 0.717) is 6.04 Å². The van der Waals surface area contributed by atoms with E-state index in [1.165, 1.54) is 64.2 Å². The number of halogens is 1. The van der Waals surface area contributed by atoms with Crippen LogP contribution in [-0.2, 0) is 0 Å². The lowest BCUT2D eigenvalue weighted by Gasteiger charge is -2.34. The molecule has 2 N–H and O–H groups in total. The van der Waals surface area contributed by atoms with Gasteiger partial charge >= 0.3 is 0 Å². The number of nitrogens with zero attached hydrogens (tertiary/aromatic N) is 3. The molecule has 1 aromatic rings. The number of nitrogens with one attached hydrogen (secondary N) is 2. The summed E-state index contributed by atoms with van der Waals surface area (Å²) in [4.78, 5) is 9.27. The van der Waals surface area contributed by atoms with E-state index in [9.17, 15) is 4.39 Å². The van der Waals surface area contributed by atoms with Crippen molar-refractivity contribution in [2.24, 2.45) is 4.99 Å². The maximum atomic E-state index is 13.4. The van der Waals surface area contributed by atoms with Crippen LogP contribution in [0.5, 0.6) is 0 Å². The first kappa shape index (κ1) is 21.9. The molecule has 5 nitrogen and oxygen atoms in total. The summed E-state index contributed by atoms with van der Waals surface area (Å²) in [5.74, 6) is 0.744. The normalized spacial score (nSPS) is 19.4. The van der Waals surface area contributed by atoms with Crippen molar-refractivity contribution in [2.45, 2.75) is 57.4 Å². The lowest BCUT2D eigenvalue weighted by molar-refractivity contribution is 0.224. The minimum atomic E-state index is -0.164. The fraction of sp³-hybridized carbons (Fsp3) is 0.696. The molecule has 2 saturated heterocycles. The molecule has 0 bridgehead atoms. The van der Waals surface area contributed by atoms with Crippen LogP contribution in [0.4, 0.5) is 10.1 Å². The molecular weight excluding hydrogens is 365 g/mol. The van der Waals surface area contributed by atoms with Crippen LogP contribution in [0.3, 0.4) is 0 Å². The summed E-state index contributed by atoms with van der Waals surface area (Å²) in [6.07, 6.45) is 10.00. The zero-order chi connectivity index (χ0) is 20.3. The molecule has 3 rings (SSSR count). The molecule has 162 valence electrons. The zero-order valence-electron chi connectivity index (χ0n) is 18.0. The third-order valence-corrected chi connectivity index (χ3v) is 6.13. The van der Waals surface area contributed by atoms with Gasteiger partial charge in [0.05, 0.1) is 0 Å². The SMILES string of the molecule is CN=C(NCCCCCN1CCCCC1)NC1CCN(c2cccc(F)c2)CC1. The molecule has 0 saturated carbocycles. The molecule has 6 heteroatoms. The van der Waals surface area contributed by atoms with E-state index in [-0.39, 0.29) is 5.82 Å². The quantitative estimate of drug-likeness (QED) is 0.395. The topological polar surface area (TPSA) is 42.9 Å². The van der Waals surface area contributed by atoms with Crippen LogP contribution < -0.4 is 15.5 Å². The highest BCUT2D eigenvalue weighted by molar-refractivity contribution is 5.79. The predicted molar refractivity (Wildman–Crippen MR) is 120 cm³/mol. The summed E-state index contributed by atoms with van der Waals surface area (Å²) in [6.45, 7) is 6.71. The van der Waals surface area contributed by atoms with E-state index in [0.717, 1.165) is 44.1 Å². The lowest BCUT2D eigenvalue weighted by atomic mass is 10.0. The number of aliphatic imine (C=N–C) groups is 1. The van der Waals surface area contributed by atoms with Crippen molar-refractivity contribution in [3.63, 3.8) is 0 Å². The van der Waals surface area contributed by atoms with Gasteiger partial charge in [-0.25, -0.2) is 4.39 Å². The fourth-order valence-electron chi connectivity index (χ4n) is 4.37. The van der Waals surface area contributed by atoms with E-state index in [1.807, 2.05) is 13.1 Å². The average Bonchev–Trinajstić information content (AvgIpc) is 2.76. The van der Waals surface area contributed by atoms with Crippen LogP contribution in [0.15, 0.2) is 29.3 Å². The molecule has 2 aliphatic heterocycles. The van der Waals surface area contributed by atoms with Crippen LogP contribution >= 0.6 is 0 Å². The molecule has 0 spiro atoms. The average molecular weight is 404 g/mol. The van der Waals surface area contributed by atoms with Gasteiger partial charge in [0.1, 0.15) is 5.82 Å². The molecule has 2 fully saturated rings. The number of rotatable bonds is 8. The van der Waals surface area contributed by atoms with Crippen molar-refractivity contribution < 1.29 is 4.39 Å². The second-order valence-electron chi connectivity index (χ2n) is 8.35. The molecule has 0 atom stereocenters. The highest BCUT2D eigenvalue weighted by Gasteiger charge is 2.20. The number of anilines is 1. The third kappa shape index (κ3) is 7.50. The first-order valence-electron chi connectivity index (χ1n) is 11.4. The maximum Gasteiger partial charge on any atom is 0.191 e. The number of guanidine groups is 1. The summed E-state index contributed by atoms with van der Waals surface area (Å²) in [6, 6.07) is 7.32. The van der Waals surface area contributed by atoms with Crippen LogP contribution in [0.25, 0.3) is 0 Å². The third-order valence-electron chi connectivity index (χ3n) is 6.13. The van der Waals surface area contributed by atoms with E-state index < -0.39 is 0 Å². The molecule has 0 radical (unpaired) electrons. The van der Waals surface area contributed by atoms with Gasteiger partial charge in [-0.15, -0.1) is 0 Å². The molecule has 1 aromatic carbocycles. The molecule has 0 unspecified atom stereocenters. The largest absolute Gasteiger partial charge is 0.371 e. The fourth-order valence-corrected chi connectivity index (χ4v) is 4.37. The molecule has 2 heterocycles. The summed E-state index contributed by atoms with van der Waals surface area (Å²) in [7, 11) is 1.84. The Morgan fingerprint density at radius 3 is 2.59 bits per heavy atom. The minimum Gasteiger partial charge on any atom is -0.371 e. The summed E-state index contributed by atoms with van der Waals surface area (Å²) < 4.78 is 13.4. The van der Waals surface area contributed by atoms with Gasteiger partial charge in [-0.05, 0) is 76.4 Å². The van der Waals surface area contributed by atoms with Gasteiger partial charge in [0, 0.05) is 38.4 Å². The van der Waals surface area contributed by atoms with Gasteiger partial charge in [-0.2, -0.15) is 0 Å². The Bertz CT molecular complexity index is 621. The summed E-state index contributed by atoms with van der Waals surface area (Å²) in [5, 5.41) is 7.03. The smallest absolute Gasteiger partial charge is 0.191 e. The molecule has 2 aliphatic rings. The number of hydrogen-bond donors (Lipinski definition) is 2. The van der Waals surface area contributed by atoms with Gasteiger partial charge in [0.15, 0.2) is 5.96 Å². The van der Waals surface area contributed by atoms with Gasteiger partial charge in [0.2, 0.25) is 0 Å². The van der Waals surface area contributed by atoms with Crippen molar-refractivity contribution in [3.05, 3.63) is 30.1 Å². The summed E-state index contributed by atoms with van der Waals surface area (Å²) in [5.41, 5.74) is 0.982. The molecule has 0 aromatic heterocycles. The molecular formula is C23H38FN5. The first-order chi connectivity index (χ1) is 14.2. The second-order valence-corrected chi connectivity index (χ2v) is 8.35. The van der Waals surface area contributed by atoms with E-state index in [4.69, 9.17) is 0 Å². The Hall–Kier alpha value is -1.82. The zero-order valence-corrected chi connectivity index (χ0v) is 18.0. The van der Waals surface area contributed by atoms with Gasteiger partial charge < -0.3 is 20.4 Å². The Kier molecular flexibility index (Phi) is 9.06. The van der Waals surface area contributed by atoms with Gasteiger partial charge in [0.25, 0.3) is 0 Å². The first-order valence-corrected chi connectivity index (χ1v) is 11.4. The number of unbranched alkanes of at least 4 members (excludes halogenated alkanes) is 2. The maximum absolute atomic E-state index is 13.4. The van der Waals surface area contributed by atoms with Gasteiger partial charge in [-0.3, -0.25) is 4.99 Å². The van der Waals surface area contributed by atoms with Crippen LogP contribution in [-0.4, -0.2) is 63.2 Å². The number of piperidine rings is 2. The highest BCUT2D eigenvalue weighted by Crippen LogP contribution is 2.20. The van der Waals surface area contributed by atoms with Crippen molar-refractivity contribution >= 4 is 11.6 Å². The lowest BCUT2D eigenvalue weighted by Crippen LogP contribution is -2.48. The molecule has 29 heavy (non-hydrogen) atoms. The minimum absolute atomic E-state index is 0.164. The number of likely N-dealkylation sites (tertiary alicyclic amines) is 1. The van der Waals surface area contributed by atoms with Crippen LogP contribution in [0.1, 0.15) is 51.4 Å². The Morgan fingerprint density at radius 1 is 1.07 bits per heavy atom. The number of hydrogen-bond acceptors (Lipinski definition) is 3. The van der Waals surface area contributed by atoms with Crippen molar-refractivity contribution in [2.75, 3.05) is 51.2 Å². The molecule has 0 amide bonds. The highest BCUT2D eigenvalue weighted by atomic mass is 19.1. The van der Waals surface area contributed by atoms with Crippen molar-refractivity contribution in [1.82, 2.24) is 15.5 Å². The monoisotopic (exact) mass is 403 g/mol. The van der Waals surface area contributed by atoms with E-state index in [1.54, 1.807) is 12.1 Å². The molecule has 0 aliphatic carbocycles. The van der Waals surface area contributed by atoms with Crippen LogP contribution in [0.2, 0.25) is 0 Å². The van der Waals surface area contributed by atoms with E-state index in [2.05, 4.69) is 25.4 Å². The standard InChI is InChI=1S/C23H38FN5/c1-25-23(26-13-4-2-5-14-28-15-6-3-7-16-28)27-21-11-17-29(18-12-21)22-10-8-9-20(24)19-22/h8-10,19,21H,2-7,11-18H2,1H3,(H2,25,26,27). The van der Waals surface area contributed by atoms with Crippen molar-refractivity contribution in [3.8, 4) is 0 Å². The summed E-state index contributed by atoms with van der Waals surface area (Å²) >= 11 is 0. The Balaban J connectivity index is 1.27. The second kappa shape index (κ2) is 12.0. The Labute approximate surface area is 175 Å². The Morgan fingerprint density at radius 2 is 1.86 bits per heavy atom. The van der Waals surface area contributed by atoms with E-state index >= 15 is 0 Å². The van der Waals surface area contributed by atoms with Gasteiger partial charge in [-0.1, -0.05) is 18.9 Å².